The van der Waals surface area contributed by atoms with E-state index < -0.39 is 44.0 Å². The third-order valence-electron chi connectivity index (χ3n) is 7.96. The summed E-state index contributed by atoms with van der Waals surface area (Å²) in [5.74, 6) is -0.903. The molecule has 0 aromatic heterocycles. The molecule has 0 spiro atoms. The van der Waals surface area contributed by atoms with E-state index in [1.807, 2.05) is 31.2 Å². The fourth-order valence-electron chi connectivity index (χ4n) is 5.43. The second kappa shape index (κ2) is 14.3. The Kier molecular flexibility index (Phi) is 10.7. The second-order valence-electron chi connectivity index (χ2n) is 11.2. The molecule has 4 rings (SSSR count). The molecule has 13 heteroatoms. The van der Waals surface area contributed by atoms with E-state index >= 15 is 0 Å². The van der Waals surface area contributed by atoms with Gasteiger partial charge in [0, 0.05) is 29.2 Å². The van der Waals surface area contributed by atoms with Crippen LogP contribution in [0.1, 0.15) is 49.3 Å². The van der Waals surface area contributed by atoms with Gasteiger partial charge in [-0.2, -0.15) is 0 Å². The number of rotatable bonds is 12. The fourth-order valence-corrected chi connectivity index (χ4v) is 7.03. The van der Waals surface area contributed by atoms with Gasteiger partial charge in [0.15, 0.2) is 0 Å². The average molecular weight is 657 g/mol. The monoisotopic (exact) mass is 656 g/mol. The lowest BCUT2D eigenvalue weighted by molar-refractivity contribution is -0.385. The fraction of sp³-hybridized carbons (Fsp3) is 0.375. The number of nitrogens with one attached hydrogen (secondary N) is 1. The van der Waals surface area contributed by atoms with Crippen LogP contribution in [0, 0.1) is 24.0 Å². The van der Waals surface area contributed by atoms with Gasteiger partial charge in [-0.3, -0.25) is 24.0 Å². The summed E-state index contributed by atoms with van der Waals surface area (Å²) in [6.07, 6.45) is 3.73. The molecule has 0 heterocycles. The van der Waals surface area contributed by atoms with Crippen LogP contribution < -0.4 is 14.4 Å². The van der Waals surface area contributed by atoms with Crippen molar-refractivity contribution in [1.29, 1.82) is 0 Å². The molecule has 2 amide bonds. The minimum atomic E-state index is -4.61. The topological polar surface area (TPSA) is 139 Å². The van der Waals surface area contributed by atoms with E-state index in [1.165, 1.54) is 49.3 Å². The Morgan fingerprint density at radius 1 is 1.09 bits per heavy atom. The molecule has 0 radical (unpaired) electrons. The number of benzene rings is 3. The second-order valence-corrected chi connectivity index (χ2v) is 13.5. The first kappa shape index (κ1) is 33.7. The van der Waals surface area contributed by atoms with Crippen LogP contribution in [0.4, 0.5) is 11.4 Å². The standard InChI is InChI=1S/C32H37ClN4O7S/c1-21-8-7-9-24(16-21)19-35(23(3)32(39)34-26-10-5-6-11-26)31(38)20-36(29-17-25(33)13-15-30(29)44-4)45(42,43)27-14-12-22(2)28(18-27)37(40)41/h7-9,12-18,23,26H,5-6,10-11,19-20H2,1-4H3,(H,34,39)/t23-/m1/s1. The molecule has 1 atom stereocenters. The third kappa shape index (κ3) is 7.93. The number of anilines is 1. The van der Waals surface area contributed by atoms with Gasteiger partial charge in [0.1, 0.15) is 18.3 Å². The summed E-state index contributed by atoms with van der Waals surface area (Å²) < 4.78 is 34.8. The summed E-state index contributed by atoms with van der Waals surface area (Å²) in [6.45, 7) is 4.31. The number of amides is 2. The van der Waals surface area contributed by atoms with E-state index in [0.29, 0.717) is 0 Å². The lowest BCUT2D eigenvalue weighted by Gasteiger charge is -2.33. The summed E-state index contributed by atoms with van der Waals surface area (Å²) in [7, 11) is -3.26. The molecule has 0 unspecified atom stereocenters. The Balaban J connectivity index is 1.79. The van der Waals surface area contributed by atoms with Crippen LogP contribution in [0.15, 0.2) is 65.6 Å². The Labute approximate surface area is 268 Å². The van der Waals surface area contributed by atoms with Crippen LogP contribution in [0.3, 0.4) is 0 Å². The number of carbonyl (C=O) groups excluding carboxylic acids is 2. The highest BCUT2D eigenvalue weighted by Gasteiger charge is 2.35. The highest BCUT2D eigenvalue weighted by molar-refractivity contribution is 7.92. The molecule has 0 bridgehead atoms. The number of ether oxygens (including phenoxy) is 1. The summed E-state index contributed by atoms with van der Waals surface area (Å²) in [5, 5.41) is 14.9. The molecular weight excluding hydrogens is 620 g/mol. The van der Waals surface area contributed by atoms with Crippen molar-refractivity contribution in [2.45, 2.75) is 70.0 Å². The van der Waals surface area contributed by atoms with Gasteiger partial charge in [0.2, 0.25) is 11.8 Å². The van der Waals surface area contributed by atoms with Crippen LogP contribution in [0.5, 0.6) is 5.75 Å². The van der Waals surface area contributed by atoms with E-state index in [-0.39, 0.29) is 40.5 Å². The summed E-state index contributed by atoms with van der Waals surface area (Å²) >= 11 is 6.28. The SMILES string of the molecule is COc1ccc(Cl)cc1N(CC(=O)N(Cc1cccc(C)c1)[C@H](C)C(=O)NC1CCCC1)S(=O)(=O)c1ccc(C)c([N+](=O)[O-])c1. The summed E-state index contributed by atoms with van der Waals surface area (Å²) in [6, 6.07) is 14.4. The van der Waals surface area contributed by atoms with Crippen LogP contribution in [0.25, 0.3) is 0 Å². The van der Waals surface area contributed by atoms with E-state index in [2.05, 4.69) is 5.32 Å². The van der Waals surface area contributed by atoms with E-state index in [1.54, 1.807) is 6.92 Å². The molecule has 11 nitrogen and oxygen atoms in total. The van der Waals surface area contributed by atoms with Crippen molar-refractivity contribution in [2.24, 2.45) is 0 Å². The number of hydrogen-bond donors (Lipinski definition) is 1. The first-order valence-electron chi connectivity index (χ1n) is 14.6. The lowest BCUT2D eigenvalue weighted by Crippen LogP contribution is -2.52. The van der Waals surface area contributed by atoms with Crippen LogP contribution in [0.2, 0.25) is 5.02 Å². The molecule has 1 saturated carbocycles. The van der Waals surface area contributed by atoms with Crippen LogP contribution in [-0.2, 0) is 26.2 Å². The number of nitro groups is 1. The molecule has 240 valence electrons. The zero-order chi connectivity index (χ0) is 32.9. The Morgan fingerprint density at radius 3 is 2.44 bits per heavy atom. The predicted octanol–water partition coefficient (Wildman–Crippen LogP) is 5.55. The van der Waals surface area contributed by atoms with Crippen molar-refractivity contribution in [3.8, 4) is 5.75 Å². The largest absolute Gasteiger partial charge is 0.495 e. The molecule has 0 saturated heterocycles. The average Bonchev–Trinajstić information content (AvgIpc) is 3.51. The molecule has 0 aliphatic heterocycles. The van der Waals surface area contributed by atoms with Gasteiger partial charge >= 0.3 is 0 Å². The molecule has 1 fully saturated rings. The van der Waals surface area contributed by atoms with Gasteiger partial charge in [-0.1, -0.05) is 60.3 Å². The maximum atomic E-state index is 14.2. The number of sulfonamides is 1. The highest BCUT2D eigenvalue weighted by Crippen LogP contribution is 2.36. The van der Waals surface area contributed by atoms with E-state index in [9.17, 15) is 28.1 Å². The number of carbonyl (C=O) groups is 2. The molecule has 3 aromatic carbocycles. The molecular formula is C32H37ClN4O7S. The Bertz CT molecular complexity index is 1690. The Hall–Kier alpha value is -4.16. The maximum Gasteiger partial charge on any atom is 0.273 e. The zero-order valence-corrected chi connectivity index (χ0v) is 27.2. The first-order chi connectivity index (χ1) is 21.3. The van der Waals surface area contributed by atoms with Gasteiger partial charge in [-0.05, 0) is 63.4 Å². The quantitative estimate of drug-likeness (QED) is 0.199. The van der Waals surface area contributed by atoms with E-state index in [0.717, 1.165) is 47.2 Å². The first-order valence-corrected chi connectivity index (χ1v) is 16.4. The number of nitro benzene ring substituents is 1. The minimum Gasteiger partial charge on any atom is -0.495 e. The number of halogens is 1. The number of hydrogen-bond acceptors (Lipinski definition) is 7. The summed E-state index contributed by atoms with van der Waals surface area (Å²) in [4.78, 5) is 39.6. The normalized spacial score (nSPS) is 14.1. The smallest absolute Gasteiger partial charge is 0.273 e. The molecule has 45 heavy (non-hydrogen) atoms. The van der Waals surface area contributed by atoms with Gasteiger partial charge in [0.25, 0.3) is 15.7 Å². The highest BCUT2D eigenvalue weighted by atomic mass is 35.5. The van der Waals surface area contributed by atoms with Crippen molar-refractivity contribution in [1.82, 2.24) is 10.2 Å². The van der Waals surface area contributed by atoms with Crippen molar-refractivity contribution in [2.75, 3.05) is 18.0 Å². The molecule has 1 aliphatic carbocycles. The molecule has 3 aromatic rings. The summed E-state index contributed by atoms with van der Waals surface area (Å²) in [5.41, 5.74) is 1.55. The van der Waals surface area contributed by atoms with Crippen molar-refractivity contribution < 1.29 is 27.7 Å². The Morgan fingerprint density at radius 2 is 1.80 bits per heavy atom. The number of methoxy groups -OCH3 is 1. The minimum absolute atomic E-state index is 0.0146. The molecule has 1 N–H and O–H groups in total. The van der Waals surface area contributed by atoms with Crippen LogP contribution in [-0.4, -0.2) is 55.8 Å². The third-order valence-corrected chi connectivity index (χ3v) is 9.95. The molecule has 1 aliphatic rings. The van der Waals surface area contributed by atoms with E-state index in [4.69, 9.17) is 16.3 Å². The van der Waals surface area contributed by atoms with Gasteiger partial charge in [-0.15, -0.1) is 0 Å². The lowest BCUT2D eigenvalue weighted by atomic mass is 10.1. The predicted molar refractivity (Wildman–Crippen MR) is 172 cm³/mol. The van der Waals surface area contributed by atoms with Crippen molar-refractivity contribution >= 4 is 44.8 Å². The van der Waals surface area contributed by atoms with Crippen molar-refractivity contribution in [3.05, 3.63) is 92.5 Å². The van der Waals surface area contributed by atoms with Crippen LogP contribution >= 0.6 is 11.6 Å². The number of nitrogens with zero attached hydrogens (tertiary/aromatic N) is 3. The zero-order valence-electron chi connectivity index (χ0n) is 25.7. The van der Waals surface area contributed by atoms with Crippen molar-refractivity contribution in [3.63, 3.8) is 0 Å². The number of aryl methyl sites for hydroxylation is 2. The van der Waals surface area contributed by atoms with Gasteiger partial charge in [-0.25, -0.2) is 8.42 Å². The van der Waals surface area contributed by atoms with Gasteiger partial charge < -0.3 is 15.0 Å². The van der Waals surface area contributed by atoms with Gasteiger partial charge in [0.05, 0.1) is 22.6 Å². The maximum absolute atomic E-state index is 14.2.